The molecule has 0 radical (unpaired) electrons. The Kier molecular flexibility index (Phi) is 4.42. The zero-order valence-corrected chi connectivity index (χ0v) is 15.2. The second-order valence-electron chi connectivity index (χ2n) is 6.53. The van der Waals surface area contributed by atoms with Gasteiger partial charge in [0.05, 0.1) is 34.0 Å². The Bertz CT molecular complexity index is 1070. The highest BCUT2D eigenvalue weighted by Gasteiger charge is 2.17. The third-order valence-electron chi connectivity index (χ3n) is 4.57. The normalized spacial score (nSPS) is 12.1. The van der Waals surface area contributed by atoms with Gasteiger partial charge in [-0.05, 0) is 38.1 Å². The molecular weight excluding hydrogens is 336 g/mol. The van der Waals surface area contributed by atoms with Crippen LogP contribution in [0.3, 0.4) is 0 Å². The second kappa shape index (κ2) is 7.03. The number of nitrogens with zero attached hydrogens (tertiary/aromatic N) is 2. The van der Waals surface area contributed by atoms with E-state index < -0.39 is 0 Å². The zero-order valence-electron chi connectivity index (χ0n) is 15.2. The number of amides is 1. The molecule has 1 atom stereocenters. The molecule has 0 aliphatic heterocycles. The quantitative estimate of drug-likeness (QED) is 0.568. The van der Waals surface area contributed by atoms with E-state index in [-0.39, 0.29) is 11.9 Å². The van der Waals surface area contributed by atoms with Gasteiger partial charge in [0.25, 0.3) is 5.91 Å². The van der Waals surface area contributed by atoms with Crippen LogP contribution < -0.4 is 5.32 Å². The van der Waals surface area contributed by atoms with E-state index in [0.29, 0.717) is 11.3 Å². The van der Waals surface area contributed by atoms with Crippen LogP contribution in [-0.2, 0) is 0 Å². The van der Waals surface area contributed by atoms with Gasteiger partial charge in [-0.25, -0.2) is 4.98 Å². The smallest absolute Gasteiger partial charge is 0.253 e. The van der Waals surface area contributed by atoms with Crippen molar-refractivity contribution >= 4 is 16.9 Å². The summed E-state index contributed by atoms with van der Waals surface area (Å²) in [5.41, 5.74) is 5.00. The topological polar surface area (TPSA) is 70.7 Å². The van der Waals surface area contributed by atoms with E-state index in [1.54, 1.807) is 0 Å². The van der Waals surface area contributed by atoms with Crippen LogP contribution in [0.15, 0.2) is 66.7 Å². The van der Waals surface area contributed by atoms with E-state index >= 15 is 0 Å². The number of fused-ring (bicyclic) bond motifs is 1. The first kappa shape index (κ1) is 17.0. The Hall–Kier alpha value is -3.47. The summed E-state index contributed by atoms with van der Waals surface area (Å²) in [7, 11) is 0. The number of H-pyrrole nitrogens is 1. The minimum atomic E-state index is -0.238. The molecule has 2 N–H and O–H groups in total. The molecule has 0 saturated carbocycles. The molecule has 0 fully saturated rings. The Balaban J connectivity index is 1.54. The number of benzene rings is 2. The molecular formula is C22H20N4O. The van der Waals surface area contributed by atoms with Crippen LogP contribution in [0.5, 0.6) is 0 Å². The number of hydrogen-bond acceptors (Lipinski definition) is 3. The molecule has 1 unspecified atom stereocenters. The first-order chi connectivity index (χ1) is 13.1. The van der Waals surface area contributed by atoms with Crippen molar-refractivity contribution in [2.45, 2.75) is 19.9 Å². The standard InChI is InChI=1S/C22H20N4O/c1-14-17(12-13-18(23-14)16-8-4-3-5-9-16)22(27)24-15(2)21-25-19-10-6-7-11-20(19)26-21/h3-13,15H,1-2H3,(H,24,27)(H,25,26). The fraction of sp³-hybridized carbons (Fsp3) is 0.136. The number of aromatic amines is 1. The summed E-state index contributed by atoms with van der Waals surface area (Å²) in [4.78, 5) is 25.1. The predicted octanol–water partition coefficient (Wildman–Crippen LogP) is 4.42. The Labute approximate surface area is 157 Å². The lowest BCUT2D eigenvalue weighted by Crippen LogP contribution is -2.28. The van der Waals surface area contributed by atoms with Crippen LogP contribution in [0.4, 0.5) is 0 Å². The molecule has 2 aromatic heterocycles. The molecule has 0 spiro atoms. The van der Waals surface area contributed by atoms with E-state index in [1.165, 1.54) is 0 Å². The van der Waals surface area contributed by atoms with Crippen LogP contribution in [-0.4, -0.2) is 20.9 Å². The van der Waals surface area contributed by atoms with E-state index in [4.69, 9.17) is 0 Å². The minimum absolute atomic E-state index is 0.160. The van der Waals surface area contributed by atoms with Gasteiger partial charge >= 0.3 is 0 Å². The Morgan fingerprint density at radius 2 is 1.70 bits per heavy atom. The average molecular weight is 356 g/mol. The zero-order chi connectivity index (χ0) is 18.8. The Morgan fingerprint density at radius 3 is 2.44 bits per heavy atom. The van der Waals surface area contributed by atoms with Crippen LogP contribution in [0.2, 0.25) is 0 Å². The van der Waals surface area contributed by atoms with Crippen molar-refractivity contribution < 1.29 is 4.79 Å². The number of aryl methyl sites for hydroxylation is 1. The number of para-hydroxylation sites is 2. The summed E-state index contributed by atoms with van der Waals surface area (Å²) in [6, 6.07) is 21.2. The molecule has 0 bridgehead atoms. The Morgan fingerprint density at radius 1 is 0.963 bits per heavy atom. The van der Waals surface area contributed by atoms with Gasteiger partial charge in [0.1, 0.15) is 5.82 Å². The van der Waals surface area contributed by atoms with Gasteiger partial charge in [0, 0.05) is 5.56 Å². The van der Waals surface area contributed by atoms with Gasteiger partial charge in [-0.2, -0.15) is 0 Å². The molecule has 0 saturated heterocycles. The van der Waals surface area contributed by atoms with E-state index in [1.807, 2.05) is 80.6 Å². The summed E-state index contributed by atoms with van der Waals surface area (Å²) in [5, 5.41) is 3.00. The number of aromatic nitrogens is 3. The fourth-order valence-electron chi connectivity index (χ4n) is 3.09. The van der Waals surface area contributed by atoms with Crippen molar-refractivity contribution in [2.24, 2.45) is 0 Å². The summed E-state index contributed by atoms with van der Waals surface area (Å²) in [5.74, 6) is 0.573. The SMILES string of the molecule is Cc1nc(-c2ccccc2)ccc1C(=O)NC(C)c1nc2ccccc2[nH]1. The lowest BCUT2D eigenvalue weighted by molar-refractivity contribution is 0.0937. The number of rotatable bonds is 4. The van der Waals surface area contributed by atoms with Gasteiger partial charge in [-0.3, -0.25) is 9.78 Å². The number of carbonyl (C=O) groups is 1. The van der Waals surface area contributed by atoms with Gasteiger partial charge in [-0.1, -0.05) is 42.5 Å². The average Bonchev–Trinajstić information content (AvgIpc) is 3.13. The number of nitrogens with one attached hydrogen (secondary N) is 2. The fourth-order valence-corrected chi connectivity index (χ4v) is 3.09. The van der Waals surface area contributed by atoms with Crippen molar-refractivity contribution in [1.29, 1.82) is 0 Å². The van der Waals surface area contributed by atoms with Gasteiger partial charge in [0.15, 0.2) is 0 Å². The van der Waals surface area contributed by atoms with E-state index in [0.717, 1.165) is 28.1 Å². The molecule has 0 aliphatic rings. The maximum atomic E-state index is 12.7. The molecule has 134 valence electrons. The molecule has 5 nitrogen and oxygen atoms in total. The van der Waals surface area contributed by atoms with Crippen LogP contribution in [0.25, 0.3) is 22.3 Å². The highest BCUT2D eigenvalue weighted by Crippen LogP contribution is 2.20. The second-order valence-corrected chi connectivity index (χ2v) is 6.53. The van der Waals surface area contributed by atoms with Crippen LogP contribution in [0.1, 0.15) is 34.8 Å². The van der Waals surface area contributed by atoms with E-state index in [9.17, 15) is 4.79 Å². The monoisotopic (exact) mass is 356 g/mol. The van der Waals surface area contributed by atoms with Crippen molar-refractivity contribution in [3.05, 3.63) is 83.8 Å². The van der Waals surface area contributed by atoms with Gasteiger partial charge < -0.3 is 10.3 Å². The summed E-state index contributed by atoms with van der Waals surface area (Å²) >= 11 is 0. The largest absolute Gasteiger partial charge is 0.342 e. The maximum Gasteiger partial charge on any atom is 0.253 e. The van der Waals surface area contributed by atoms with Crippen LogP contribution >= 0.6 is 0 Å². The maximum absolute atomic E-state index is 12.7. The first-order valence-electron chi connectivity index (χ1n) is 8.90. The summed E-state index contributed by atoms with van der Waals surface area (Å²) in [6.45, 7) is 3.77. The molecule has 4 aromatic rings. The van der Waals surface area contributed by atoms with Crippen molar-refractivity contribution in [2.75, 3.05) is 0 Å². The molecule has 27 heavy (non-hydrogen) atoms. The van der Waals surface area contributed by atoms with Crippen LogP contribution in [0, 0.1) is 6.92 Å². The molecule has 5 heteroatoms. The molecule has 4 rings (SSSR count). The number of carbonyl (C=O) groups excluding carboxylic acids is 1. The minimum Gasteiger partial charge on any atom is -0.342 e. The highest BCUT2D eigenvalue weighted by molar-refractivity contribution is 5.95. The highest BCUT2D eigenvalue weighted by atomic mass is 16.1. The third-order valence-corrected chi connectivity index (χ3v) is 4.57. The van der Waals surface area contributed by atoms with Crippen molar-refractivity contribution in [3.63, 3.8) is 0 Å². The lowest BCUT2D eigenvalue weighted by atomic mass is 10.1. The number of hydrogen-bond donors (Lipinski definition) is 2. The van der Waals surface area contributed by atoms with E-state index in [2.05, 4.69) is 20.3 Å². The number of pyridine rings is 1. The molecule has 2 aromatic carbocycles. The predicted molar refractivity (Wildman–Crippen MR) is 106 cm³/mol. The van der Waals surface area contributed by atoms with Crippen molar-refractivity contribution in [3.8, 4) is 11.3 Å². The van der Waals surface area contributed by atoms with Gasteiger partial charge in [0.2, 0.25) is 0 Å². The molecule has 0 aliphatic carbocycles. The summed E-state index contributed by atoms with van der Waals surface area (Å²) < 4.78 is 0. The van der Waals surface area contributed by atoms with Crippen molar-refractivity contribution in [1.82, 2.24) is 20.3 Å². The first-order valence-corrected chi connectivity index (χ1v) is 8.90. The lowest BCUT2D eigenvalue weighted by Gasteiger charge is -2.13. The third kappa shape index (κ3) is 3.44. The molecule has 2 heterocycles. The number of imidazole rings is 1. The van der Waals surface area contributed by atoms with Gasteiger partial charge in [-0.15, -0.1) is 0 Å². The molecule has 1 amide bonds. The summed E-state index contributed by atoms with van der Waals surface area (Å²) in [6.07, 6.45) is 0.